The summed E-state index contributed by atoms with van der Waals surface area (Å²) in [6.45, 7) is 3.85. The van der Waals surface area contributed by atoms with Crippen LogP contribution in [0.5, 0.6) is 5.75 Å². The fourth-order valence-electron chi connectivity index (χ4n) is 1.17. The van der Waals surface area contributed by atoms with Crippen molar-refractivity contribution in [2.24, 2.45) is 0 Å². The van der Waals surface area contributed by atoms with E-state index in [4.69, 9.17) is 9.84 Å². The second-order valence-electron chi connectivity index (χ2n) is 3.52. The molecule has 1 N–H and O–H groups in total. The van der Waals surface area contributed by atoms with Crippen LogP contribution in [0.3, 0.4) is 0 Å². The first-order valence-electron chi connectivity index (χ1n) is 4.86. The van der Waals surface area contributed by atoms with Gasteiger partial charge in [0, 0.05) is 16.1 Å². The SMILES string of the molecule is CC(C)Oc1ccc(Br)cc1C=CC(=O)O. The van der Waals surface area contributed by atoms with E-state index in [1.54, 1.807) is 0 Å². The summed E-state index contributed by atoms with van der Waals surface area (Å²) in [6.07, 6.45) is 2.66. The summed E-state index contributed by atoms with van der Waals surface area (Å²) >= 11 is 3.33. The molecule has 0 fully saturated rings. The predicted octanol–water partition coefficient (Wildman–Crippen LogP) is 3.33. The molecule has 0 bridgehead atoms. The Kier molecular flexibility index (Phi) is 4.55. The summed E-state index contributed by atoms with van der Waals surface area (Å²) in [5, 5.41) is 8.58. The van der Waals surface area contributed by atoms with E-state index in [1.807, 2.05) is 32.0 Å². The first kappa shape index (κ1) is 12.8. The van der Waals surface area contributed by atoms with Gasteiger partial charge in [-0.1, -0.05) is 15.9 Å². The van der Waals surface area contributed by atoms with E-state index in [1.165, 1.54) is 6.08 Å². The standard InChI is InChI=1S/C12H13BrO3/c1-8(2)16-11-5-4-10(13)7-9(11)3-6-12(14)15/h3-8H,1-2H3,(H,14,15). The van der Waals surface area contributed by atoms with Crippen molar-refractivity contribution in [2.75, 3.05) is 0 Å². The molecular formula is C12H13BrO3. The number of hydrogen-bond acceptors (Lipinski definition) is 2. The molecule has 0 aliphatic rings. The van der Waals surface area contributed by atoms with E-state index in [0.29, 0.717) is 5.75 Å². The molecule has 3 nitrogen and oxygen atoms in total. The Hall–Kier alpha value is -1.29. The quantitative estimate of drug-likeness (QED) is 0.863. The van der Waals surface area contributed by atoms with Gasteiger partial charge in [0.15, 0.2) is 0 Å². The monoisotopic (exact) mass is 284 g/mol. The van der Waals surface area contributed by atoms with E-state index in [-0.39, 0.29) is 6.10 Å². The molecule has 0 aromatic heterocycles. The zero-order chi connectivity index (χ0) is 12.1. The van der Waals surface area contributed by atoms with Crippen LogP contribution in [-0.2, 0) is 4.79 Å². The lowest BCUT2D eigenvalue weighted by Gasteiger charge is -2.12. The van der Waals surface area contributed by atoms with Crippen LogP contribution < -0.4 is 4.74 Å². The summed E-state index contributed by atoms with van der Waals surface area (Å²) in [5.74, 6) is -0.300. The molecule has 0 saturated heterocycles. The molecule has 86 valence electrons. The maximum absolute atomic E-state index is 10.5. The van der Waals surface area contributed by atoms with Crippen molar-refractivity contribution in [3.8, 4) is 5.75 Å². The van der Waals surface area contributed by atoms with Crippen molar-refractivity contribution in [2.45, 2.75) is 20.0 Å². The zero-order valence-corrected chi connectivity index (χ0v) is 10.7. The van der Waals surface area contributed by atoms with Gasteiger partial charge in [-0.15, -0.1) is 0 Å². The molecule has 1 aromatic rings. The third-order valence-electron chi connectivity index (χ3n) is 1.74. The van der Waals surface area contributed by atoms with Crippen molar-refractivity contribution in [1.82, 2.24) is 0 Å². The summed E-state index contributed by atoms with van der Waals surface area (Å²) in [5.41, 5.74) is 0.741. The minimum atomic E-state index is -0.976. The minimum absolute atomic E-state index is 0.0538. The number of hydrogen-bond donors (Lipinski definition) is 1. The molecule has 0 atom stereocenters. The van der Waals surface area contributed by atoms with Gasteiger partial charge in [-0.05, 0) is 38.1 Å². The maximum Gasteiger partial charge on any atom is 0.328 e. The van der Waals surface area contributed by atoms with Crippen LogP contribution in [0, 0.1) is 0 Å². The van der Waals surface area contributed by atoms with Gasteiger partial charge >= 0.3 is 5.97 Å². The van der Waals surface area contributed by atoms with Crippen LogP contribution in [0.15, 0.2) is 28.7 Å². The third-order valence-corrected chi connectivity index (χ3v) is 2.23. The van der Waals surface area contributed by atoms with Crippen LogP contribution in [0.25, 0.3) is 6.08 Å². The van der Waals surface area contributed by atoms with E-state index < -0.39 is 5.97 Å². The van der Waals surface area contributed by atoms with Crippen LogP contribution in [0.2, 0.25) is 0 Å². The van der Waals surface area contributed by atoms with Crippen LogP contribution in [0.1, 0.15) is 19.4 Å². The lowest BCUT2D eigenvalue weighted by atomic mass is 10.2. The van der Waals surface area contributed by atoms with Gasteiger partial charge in [0.05, 0.1) is 6.10 Å². The van der Waals surface area contributed by atoms with Gasteiger partial charge in [0.1, 0.15) is 5.75 Å². The fraction of sp³-hybridized carbons (Fsp3) is 0.250. The van der Waals surface area contributed by atoms with E-state index >= 15 is 0 Å². The average molecular weight is 285 g/mol. The second-order valence-corrected chi connectivity index (χ2v) is 4.44. The van der Waals surface area contributed by atoms with Crippen LogP contribution >= 0.6 is 15.9 Å². The third kappa shape index (κ3) is 4.06. The van der Waals surface area contributed by atoms with E-state index in [9.17, 15) is 4.79 Å². The largest absolute Gasteiger partial charge is 0.490 e. The Balaban J connectivity index is 3.03. The molecule has 0 amide bonds. The number of carboxylic acid groups (broad SMARTS) is 1. The highest BCUT2D eigenvalue weighted by atomic mass is 79.9. The van der Waals surface area contributed by atoms with Crippen molar-refractivity contribution in [1.29, 1.82) is 0 Å². The summed E-state index contributed by atoms with van der Waals surface area (Å²) in [7, 11) is 0. The molecule has 0 radical (unpaired) electrons. The van der Waals surface area contributed by atoms with Gasteiger partial charge in [-0.2, -0.15) is 0 Å². The molecule has 0 saturated carbocycles. The second kappa shape index (κ2) is 5.70. The van der Waals surface area contributed by atoms with Crippen LogP contribution in [-0.4, -0.2) is 17.2 Å². The molecular weight excluding hydrogens is 272 g/mol. The summed E-state index contributed by atoms with van der Waals surface area (Å²) in [6, 6.07) is 5.48. The Morgan fingerprint density at radius 3 is 2.75 bits per heavy atom. The topological polar surface area (TPSA) is 46.5 Å². The lowest BCUT2D eigenvalue weighted by Crippen LogP contribution is -2.06. The Labute approximate surface area is 103 Å². The molecule has 0 aliphatic heterocycles. The molecule has 1 rings (SSSR count). The molecule has 0 aliphatic carbocycles. The number of carbonyl (C=O) groups is 1. The van der Waals surface area contributed by atoms with Gasteiger partial charge in [0.2, 0.25) is 0 Å². The number of benzene rings is 1. The minimum Gasteiger partial charge on any atom is -0.490 e. The predicted molar refractivity (Wildman–Crippen MR) is 66.6 cm³/mol. The number of aliphatic carboxylic acids is 1. The normalized spacial score (nSPS) is 11.0. The number of carboxylic acids is 1. The average Bonchev–Trinajstić information content (AvgIpc) is 2.17. The van der Waals surface area contributed by atoms with Gasteiger partial charge in [-0.3, -0.25) is 0 Å². The van der Waals surface area contributed by atoms with Crippen molar-refractivity contribution in [3.05, 3.63) is 34.3 Å². The van der Waals surface area contributed by atoms with Crippen molar-refractivity contribution < 1.29 is 14.6 Å². The Bertz CT molecular complexity index is 411. The maximum atomic E-state index is 10.5. The number of ether oxygens (including phenoxy) is 1. The first-order valence-corrected chi connectivity index (χ1v) is 5.65. The lowest BCUT2D eigenvalue weighted by molar-refractivity contribution is -0.131. The van der Waals surface area contributed by atoms with Gasteiger partial charge in [-0.25, -0.2) is 4.79 Å². The molecule has 16 heavy (non-hydrogen) atoms. The molecule has 0 heterocycles. The smallest absolute Gasteiger partial charge is 0.328 e. The van der Waals surface area contributed by atoms with Crippen molar-refractivity contribution in [3.63, 3.8) is 0 Å². The summed E-state index contributed by atoms with van der Waals surface area (Å²) < 4.78 is 6.45. The highest BCUT2D eigenvalue weighted by Crippen LogP contribution is 2.25. The highest BCUT2D eigenvalue weighted by molar-refractivity contribution is 9.10. The highest BCUT2D eigenvalue weighted by Gasteiger charge is 2.04. The Morgan fingerprint density at radius 2 is 2.19 bits per heavy atom. The molecule has 1 aromatic carbocycles. The Morgan fingerprint density at radius 1 is 1.50 bits per heavy atom. The molecule has 4 heteroatoms. The van der Waals surface area contributed by atoms with E-state index in [2.05, 4.69) is 15.9 Å². The zero-order valence-electron chi connectivity index (χ0n) is 9.11. The number of rotatable bonds is 4. The van der Waals surface area contributed by atoms with Crippen LogP contribution in [0.4, 0.5) is 0 Å². The van der Waals surface area contributed by atoms with Crippen molar-refractivity contribution >= 4 is 28.0 Å². The molecule has 0 spiro atoms. The van der Waals surface area contributed by atoms with Gasteiger partial charge < -0.3 is 9.84 Å². The fourth-order valence-corrected chi connectivity index (χ4v) is 1.55. The number of halogens is 1. The van der Waals surface area contributed by atoms with Gasteiger partial charge in [0.25, 0.3) is 0 Å². The summed E-state index contributed by atoms with van der Waals surface area (Å²) in [4.78, 5) is 10.5. The first-order chi connectivity index (χ1) is 7.49. The molecule has 0 unspecified atom stereocenters. The van der Waals surface area contributed by atoms with E-state index in [0.717, 1.165) is 16.1 Å².